The Bertz CT molecular complexity index is 1070. The van der Waals surface area contributed by atoms with Gasteiger partial charge in [-0.3, -0.25) is 4.90 Å². The molecule has 1 aliphatic rings. The molecule has 1 atom stereocenters. The van der Waals surface area contributed by atoms with Crippen molar-refractivity contribution in [3.8, 4) is 5.75 Å². The van der Waals surface area contributed by atoms with Crippen LogP contribution in [-0.2, 0) is 6.54 Å². The van der Waals surface area contributed by atoms with Gasteiger partial charge in [-0.05, 0) is 61.7 Å². The summed E-state index contributed by atoms with van der Waals surface area (Å²) in [6.45, 7) is 7.89. The molecule has 32 heavy (non-hydrogen) atoms. The Kier molecular flexibility index (Phi) is 7.80. The van der Waals surface area contributed by atoms with E-state index in [-0.39, 0.29) is 6.04 Å². The van der Waals surface area contributed by atoms with E-state index in [4.69, 9.17) is 4.74 Å². The number of ether oxygens (including phenoxy) is 1. The van der Waals surface area contributed by atoms with Gasteiger partial charge in [0.05, 0.1) is 12.7 Å². The zero-order valence-electron chi connectivity index (χ0n) is 19.8. The normalized spacial score (nSPS) is 16.3. The SMILES string of the molecule is CC.CNc1cc(C2CCCCN2Cc2c(OC)cc(C)c3[nH]ccc23)ccc1C(=O)O. The number of likely N-dealkylation sites (tertiary alicyclic amines) is 1. The van der Waals surface area contributed by atoms with Gasteiger partial charge in [0.2, 0.25) is 0 Å². The Hall–Kier alpha value is -2.99. The number of fused-ring (bicyclic) bond motifs is 1. The number of H-pyrrole nitrogens is 1. The van der Waals surface area contributed by atoms with Crippen molar-refractivity contribution in [3.05, 3.63) is 58.8 Å². The number of nitrogens with one attached hydrogen (secondary N) is 2. The molecule has 0 spiro atoms. The monoisotopic (exact) mass is 437 g/mol. The number of methoxy groups -OCH3 is 1. The lowest BCUT2D eigenvalue weighted by molar-refractivity contribution is 0.0698. The fraction of sp³-hybridized carbons (Fsp3) is 0.423. The molecule has 172 valence electrons. The van der Waals surface area contributed by atoms with Gasteiger partial charge in [-0.1, -0.05) is 26.3 Å². The first-order chi connectivity index (χ1) is 15.5. The summed E-state index contributed by atoms with van der Waals surface area (Å²) in [6, 6.07) is 10.1. The summed E-state index contributed by atoms with van der Waals surface area (Å²) in [7, 11) is 3.50. The predicted octanol–water partition coefficient (Wildman–Crippen LogP) is 5.98. The van der Waals surface area contributed by atoms with Gasteiger partial charge < -0.3 is 20.1 Å². The van der Waals surface area contributed by atoms with E-state index in [0.29, 0.717) is 11.3 Å². The Balaban J connectivity index is 0.00000141. The van der Waals surface area contributed by atoms with E-state index in [9.17, 15) is 9.90 Å². The quantitative estimate of drug-likeness (QED) is 0.442. The fourth-order valence-electron chi connectivity index (χ4n) is 4.70. The van der Waals surface area contributed by atoms with E-state index in [0.717, 1.165) is 42.8 Å². The molecule has 1 fully saturated rings. The number of rotatable bonds is 6. The maximum atomic E-state index is 11.5. The summed E-state index contributed by atoms with van der Waals surface area (Å²) in [4.78, 5) is 17.4. The summed E-state index contributed by atoms with van der Waals surface area (Å²) in [5, 5.41) is 13.7. The molecule has 4 rings (SSSR count). The number of aryl methyl sites for hydroxylation is 1. The molecule has 6 nitrogen and oxygen atoms in total. The standard InChI is InChI=1S/C24H29N3O3.C2H6/c1-15-12-22(30-3)19(17-9-10-26-23(15)17)14-27-11-5-4-6-21(27)16-7-8-18(24(28)29)20(13-16)25-2;1-2/h7-10,12-13,21,25-26H,4-6,11,14H2,1-3H3,(H,28,29);1-2H3. The van der Waals surface area contributed by atoms with Gasteiger partial charge in [0.25, 0.3) is 0 Å². The number of piperidine rings is 1. The second kappa shape index (κ2) is 10.6. The van der Waals surface area contributed by atoms with E-state index in [1.165, 1.54) is 22.9 Å². The number of benzene rings is 2. The highest BCUT2D eigenvalue weighted by Gasteiger charge is 2.27. The molecule has 6 heteroatoms. The van der Waals surface area contributed by atoms with Gasteiger partial charge in [-0.25, -0.2) is 4.79 Å². The number of hydrogen-bond donors (Lipinski definition) is 3. The molecule has 2 heterocycles. The van der Waals surface area contributed by atoms with Crippen LogP contribution in [0, 0.1) is 6.92 Å². The van der Waals surface area contributed by atoms with E-state index in [2.05, 4.69) is 34.3 Å². The van der Waals surface area contributed by atoms with Crippen molar-refractivity contribution in [2.24, 2.45) is 0 Å². The zero-order valence-corrected chi connectivity index (χ0v) is 19.8. The molecule has 3 aromatic rings. The summed E-state index contributed by atoms with van der Waals surface area (Å²) < 4.78 is 5.75. The number of hydrogen-bond acceptors (Lipinski definition) is 4. The van der Waals surface area contributed by atoms with Crippen molar-refractivity contribution >= 4 is 22.6 Å². The van der Waals surface area contributed by atoms with Gasteiger partial charge in [-0.15, -0.1) is 0 Å². The highest BCUT2D eigenvalue weighted by molar-refractivity contribution is 5.94. The Morgan fingerprint density at radius 3 is 2.72 bits per heavy atom. The van der Waals surface area contributed by atoms with Crippen molar-refractivity contribution in [1.29, 1.82) is 0 Å². The van der Waals surface area contributed by atoms with E-state index < -0.39 is 5.97 Å². The average Bonchev–Trinajstić information content (AvgIpc) is 3.32. The van der Waals surface area contributed by atoms with E-state index >= 15 is 0 Å². The molecule has 1 aromatic heterocycles. The van der Waals surface area contributed by atoms with E-state index in [1.54, 1.807) is 20.2 Å². The number of aromatic amines is 1. The second-order valence-corrected chi connectivity index (χ2v) is 7.98. The molecule has 1 aliphatic heterocycles. The zero-order chi connectivity index (χ0) is 23.3. The first-order valence-corrected chi connectivity index (χ1v) is 11.5. The Morgan fingerprint density at radius 1 is 1.25 bits per heavy atom. The van der Waals surface area contributed by atoms with Crippen LogP contribution in [0.1, 0.15) is 66.2 Å². The van der Waals surface area contributed by atoms with Gasteiger partial charge in [-0.2, -0.15) is 0 Å². The molecule has 0 bridgehead atoms. The van der Waals surface area contributed by atoms with E-state index in [1.807, 2.05) is 32.2 Å². The Labute approximate surface area is 190 Å². The van der Waals surface area contributed by atoms with Crippen LogP contribution in [-0.4, -0.2) is 41.7 Å². The van der Waals surface area contributed by atoms with Crippen LogP contribution in [0.25, 0.3) is 10.9 Å². The van der Waals surface area contributed by atoms with Crippen molar-refractivity contribution in [2.45, 2.75) is 52.6 Å². The molecule has 1 unspecified atom stereocenters. The van der Waals surface area contributed by atoms with Crippen molar-refractivity contribution in [1.82, 2.24) is 9.88 Å². The minimum atomic E-state index is -0.911. The predicted molar refractivity (Wildman–Crippen MR) is 131 cm³/mol. The fourth-order valence-corrected chi connectivity index (χ4v) is 4.70. The number of nitrogens with zero attached hydrogens (tertiary/aromatic N) is 1. The molecular formula is C26H35N3O3. The van der Waals surface area contributed by atoms with Crippen LogP contribution in [0.4, 0.5) is 5.69 Å². The lowest BCUT2D eigenvalue weighted by Gasteiger charge is -2.37. The number of anilines is 1. The number of aromatic nitrogens is 1. The molecule has 0 radical (unpaired) electrons. The second-order valence-electron chi connectivity index (χ2n) is 7.98. The topological polar surface area (TPSA) is 77.6 Å². The molecule has 1 saturated heterocycles. The highest BCUT2D eigenvalue weighted by Crippen LogP contribution is 2.38. The van der Waals surface area contributed by atoms with Crippen molar-refractivity contribution in [3.63, 3.8) is 0 Å². The van der Waals surface area contributed by atoms with Gasteiger partial charge >= 0.3 is 5.97 Å². The van der Waals surface area contributed by atoms with Crippen LogP contribution >= 0.6 is 0 Å². The minimum absolute atomic E-state index is 0.244. The van der Waals surface area contributed by atoms with Crippen LogP contribution < -0.4 is 10.1 Å². The summed E-state index contributed by atoms with van der Waals surface area (Å²) in [6.07, 6.45) is 5.37. The summed E-state index contributed by atoms with van der Waals surface area (Å²) >= 11 is 0. The van der Waals surface area contributed by atoms with Gasteiger partial charge in [0, 0.05) is 48.0 Å². The van der Waals surface area contributed by atoms with Gasteiger partial charge in [0.1, 0.15) is 5.75 Å². The molecule has 0 saturated carbocycles. The van der Waals surface area contributed by atoms with Crippen LogP contribution in [0.2, 0.25) is 0 Å². The minimum Gasteiger partial charge on any atom is -0.496 e. The summed E-state index contributed by atoms with van der Waals surface area (Å²) in [5.74, 6) is 0.00621. The molecule has 0 aliphatic carbocycles. The Morgan fingerprint density at radius 2 is 2.03 bits per heavy atom. The van der Waals surface area contributed by atoms with Crippen molar-refractivity contribution in [2.75, 3.05) is 26.0 Å². The molecule has 0 amide bonds. The smallest absolute Gasteiger partial charge is 0.337 e. The lowest BCUT2D eigenvalue weighted by atomic mass is 9.92. The lowest BCUT2D eigenvalue weighted by Crippen LogP contribution is -2.33. The maximum Gasteiger partial charge on any atom is 0.337 e. The van der Waals surface area contributed by atoms with Crippen LogP contribution in [0.15, 0.2) is 36.5 Å². The molecular weight excluding hydrogens is 402 g/mol. The largest absolute Gasteiger partial charge is 0.496 e. The first-order valence-electron chi connectivity index (χ1n) is 11.5. The number of carboxylic acid groups (broad SMARTS) is 1. The van der Waals surface area contributed by atoms with Crippen LogP contribution in [0.5, 0.6) is 5.75 Å². The third-order valence-electron chi connectivity index (χ3n) is 6.23. The number of carboxylic acids is 1. The highest BCUT2D eigenvalue weighted by atomic mass is 16.5. The summed E-state index contributed by atoms with van der Waals surface area (Å²) in [5.41, 5.74) is 5.64. The van der Waals surface area contributed by atoms with Crippen molar-refractivity contribution < 1.29 is 14.6 Å². The number of aromatic carboxylic acids is 1. The third-order valence-corrected chi connectivity index (χ3v) is 6.23. The maximum absolute atomic E-state index is 11.5. The average molecular weight is 438 g/mol. The van der Waals surface area contributed by atoms with Crippen LogP contribution in [0.3, 0.4) is 0 Å². The first kappa shape index (κ1) is 23.7. The molecule has 2 aromatic carbocycles. The van der Waals surface area contributed by atoms with Gasteiger partial charge in [0.15, 0.2) is 0 Å². The number of carbonyl (C=O) groups is 1. The third kappa shape index (κ3) is 4.60. The molecule has 3 N–H and O–H groups in total.